The third-order valence-electron chi connectivity index (χ3n) is 2.62. The molecule has 0 spiro atoms. The summed E-state index contributed by atoms with van der Waals surface area (Å²) in [5, 5.41) is 2.47. The number of rotatable bonds is 4. The summed E-state index contributed by atoms with van der Waals surface area (Å²) < 4.78 is 7.14. The Labute approximate surface area is 157 Å². The van der Waals surface area contributed by atoms with Crippen LogP contribution >= 0.6 is 44.1 Å². The molecule has 0 atom stereocenters. The fourth-order valence-corrected chi connectivity index (χ4v) is 3.16. The molecule has 6 nitrogen and oxygen atoms in total. The van der Waals surface area contributed by atoms with Gasteiger partial charge in [0.2, 0.25) is 5.91 Å². The Hall–Kier alpha value is -1.19. The van der Waals surface area contributed by atoms with Gasteiger partial charge in [-0.2, -0.15) is 0 Å². The number of carbonyl (C=O) groups excluding carboxylic acids is 2. The summed E-state index contributed by atoms with van der Waals surface area (Å²) in [5.41, 5.74) is 5.68. The van der Waals surface area contributed by atoms with Gasteiger partial charge in [0, 0.05) is 10.4 Å². The maximum atomic E-state index is 11.7. The molecule has 23 heavy (non-hydrogen) atoms. The van der Waals surface area contributed by atoms with Gasteiger partial charge in [-0.05, 0) is 52.8 Å². The maximum Gasteiger partial charge on any atom is 0.276 e. The normalized spacial score (nSPS) is 10.2. The van der Waals surface area contributed by atoms with Crippen molar-refractivity contribution >= 4 is 61.0 Å². The summed E-state index contributed by atoms with van der Waals surface area (Å²) >= 11 is 11.6. The van der Waals surface area contributed by atoms with Crippen LogP contribution in [0.4, 0.5) is 0 Å². The van der Waals surface area contributed by atoms with Crippen LogP contribution in [0.2, 0.25) is 0 Å². The molecule has 0 unspecified atom stereocenters. The second-order valence-electron chi connectivity index (χ2n) is 4.97. The number of ether oxygens (including phenoxy) is 1. The zero-order valence-corrected chi connectivity index (χ0v) is 16.8. The molecule has 0 saturated heterocycles. The Morgan fingerprint density at radius 2 is 1.91 bits per heavy atom. The summed E-state index contributed by atoms with van der Waals surface area (Å²) in [5.74, 6) is -0.284. The number of thiocarbonyl (C=S) groups is 1. The quantitative estimate of drug-likeness (QED) is 0.469. The standard InChI is InChI=1S/C14H17Br2N3O3S/c1-7(2)13(21)17-14(23)19-18-11(20)6-22-12-8(3)4-9(15)5-10(12)16/h4-5,7H,6H2,1-3H3,(H,18,20)(H2,17,19,21,23). The van der Waals surface area contributed by atoms with Gasteiger partial charge in [0.25, 0.3) is 5.91 Å². The van der Waals surface area contributed by atoms with Crippen LogP contribution in [0.1, 0.15) is 19.4 Å². The van der Waals surface area contributed by atoms with Crippen molar-refractivity contribution in [2.45, 2.75) is 20.8 Å². The van der Waals surface area contributed by atoms with Crippen molar-refractivity contribution in [2.75, 3.05) is 6.61 Å². The molecule has 0 bridgehead atoms. The number of nitrogens with one attached hydrogen (secondary N) is 3. The number of hydrogen-bond donors (Lipinski definition) is 3. The van der Waals surface area contributed by atoms with Gasteiger partial charge in [0.15, 0.2) is 11.7 Å². The summed E-state index contributed by atoms with van der Waals surface area (Å²) in [6.45, 7) is 5.15. The van der Waals surface area contributed by atoms with Crippen LogP contribution in [0.15, 0.2) is 21.1 Å². The minimum atomic E-state index is -0.430. The molecule has 0 radical (unpaired) electrons. The highest BCUT2D eigenvalue weighted by molar-refractivity contribution is 9.11. The van der Waals surface area contributed by atoms with E-state index in [1.165, 1.54) is 0 Å². The van der Waals surface area contributed by atoms with Gasteiger partial charge in [0.05, 0.1) is 4.47 Å². The molecular formula is C14H17Br2N3O3S. The first-order valence-electron chi connectivity index (χ1n) is 6.68. The highest BCUT2D eigenvalue weighted by Gasteiger charge is 2.11. The molecule has 126 valence electrons. The maximum absolute atomic E-state index is 11.7. The van der Waals surface area contributed by atoms with Crippen molar-refractivity contribution in [2.24, 2.45) is 5.92 Å². The van der Waals surface area contributed by atoms with Crippen molar-refractivity contribution < 1.29 is 14.3 Å². The second-order valence-corrected chi connectivity index (χ2v) is 7.15. The van der Waals surface area contributed by atoms with E-state index in [0.29, 0.717) is 5.75 Å². The molecule has 1 aromatic carbocycles. The van der Waals surface area contributed by atoms with Crippen LogP contribution in [0, 0.1) is 12.8 Å². The van der Waals surface area contributed by atoms with Gasteiger partial charge in [-0.1, -0.05) is 29.8 Å². The molecule has 2 amide bonds. The predicted octanol–water partition coefficient (Wildman–Crippen LogP) is 2.58. The van der Waals surface area contributed by atoms with Gasteiger partial charge < -0.3 is 10.1 Å². The predicted molar refractivity (Wildman–Crippen MR) is 98.9 cm³/mol. The van der Waals surface area contributed by atoms with E-state index < -0.39 is 5.91 Å². The minimum absolute atomic E-state index is 0.0260. The molecule has 0 aliphatic carbocycles. The van der Waals surface area contributed by atoms with E-state index in [-0.39, 0.29) is 23.5 Å². The monoisotopic (exact) mass is 465 g/mol. The fourth-order valence-electron chi connectivity index (χ4n) is 1.46. The number of hydrazine groups is 1. The van der Waals surface area contributed by atoms with E-state index in [1.807, 2.05) is 19.1 Å². The van der Waals surface area contributed by atoms with E-state index in [4.69, 9.17) is 17.0 Å². The van der Waals surface area contributed by atoms with Crippen molar-refractivity contribution in [3.05, 3.63) is 26.6 Å². The number of hydrogen-bond acceptors (Lipinski definition) is 4. The molecule has 0 aromatic heterocycles. The van der Waals surface area contributed by atoms with Crippen LogP contribution in [-0.4, -0.2) is 23.5 Å². The third-order valence-corrected chi connectivity index (χ3v) is 3.87. The third kappa shape index (κ3) is 6.84. The van der Waals surface area contributed by atoms with Crippen molar-refractivity contribution in [3.63, 3.8) is 0 Å². The van der Waals surface area contributed by atoms with Crippen molar-refractivity contribution in [1.82, 2.24) is 16.2 Å². The van der Waals surface area contributed by atoms with Crippen molar-refractivity contribution in [3.8, 4) is 5.75 Å². The average Bonchev–Trinajstić information content (AvgIpc) is 2.43. The lowest BCUT2D eigenvalue weighted by Gasteiger charge is -2.14. The van der Waals surface area contributed by atoms with Gasteiger partial charge >= 0.3 is 0 Å². The first kappa shape index (κ1) is 19.9. The highest BCUT2D eigenvalue weighted by atomic mass is 79.9. The number of carbonyl (C=O) groups is 2. The van der Waals surface area contributed by atoms with E-state index >= 15 is 0 Å². The summed E-state index contributed by atoms with van der Waals surface area (Å²) in [4.78, 5) is 23.2. The van der Waals surface area contributed by atoms with Crippen molar-refractivity contribution in [1.29, 1.82) is 0 Å². The van der Waals surface area contributed by atoms with E-state index in [2.05, 4.69) is 48.0 Å². The van der Waals surface area contributed by atoms with Gasteiger partial charge in [-0.15, -0.1) is 0 Å². The summed E-state index contributed by atoms with van der Waals surface area (Å²) in [6, 6.07) is 3.71. The van der Waals surface area contributed by atoms with E-state index in [0.717, 1.165) is 14.5 Å². The van der Waals surface area contributed by atoms with Crippen LogP contribution in [-0.2, 0) is 9.59 Å². The van der Waals surface area contributed by atoms with Crippen LogP contribution < -0.4 is 20.9 Å². The molecule has 1 aromatic rings. The lowest BCUT2D eigenvalue weighted by atomic mass is 10.2. The molecule has 0 saturated carbocycles. The number of halogens is 2. The molecule has 3 N–H and O–H groups in total. The Kier molecular flexibility index (Phi) is 7.93. The summed E-state index contributed by atoms with van der Waals surface area (Å²) in [6.07, 6.45) is 0. The second kappa shape index (κ2) is 9.19. The van der Waals surface area contributed by atoms with Gasteiger partial charge in [-0.3, -0.25) is 20.4 Å². The SMILES string of the molecule is Cc1cc(Br)cc(Br)c1OCC(=O)NNC(=S)NC(=O)C(C)C. The number of benzene rings is 1. The summed E-state index contributed by atoms with van der Waals surface area (Å²) in [7, 11) is 0. The lowest BCUT2D eigenvalue weighted by Crippen LogP contribution is -2.50. The lowest BCUT2D eigenvalue weighted by molar-refractivity contribution is -0.124. The first-order chi connectivity index (χ1) is 10.7. The van der Waals surface area contributed by atoms with E-state index in [1.54, 1.807) is 13.8 Å². The largest absolute Gasteiger partial charge is 0.482 e. The van der Waals surface area contributed by atoms with E-state index in [9.17, 15) is 9.59 Å². The zero-order chi connectivity index (χ0) is 17.6. The average molecular weight is 467 g/mol. The molecule has 1 rings (SSSR count). The Balaban J connectivity index is 2.44. The number of amides is 2. The van der Waals surface area contributed by atoms with Gasteiger partial charge in [-0.25, -0.2) is 0 Å². The topological polar surface area (TPSA) is 79.5 Å². The fraction of sp³-hybridized carbons (Fsp3) is 0.357. The Morgan fingerprint density at radius 1 is 1.26 bits per heavy atom. The molecule has 0 aliphatic rings. The molecule has 0 heterocycles. The molecular weight excluding hydrogens is 450 g/mol. The highest BCUT2D eigenvalue weighted by Crippen LogP contribution is 2.32. The Morgan fingerprint density at radius 3 is 2.48 bits per heavy atom. The number of aryl methyl sites for hydroxylation is 1. The smallest absolute Gasteiger partial charge is 0.276 e. The van der Waals surface area contributed by atoms with Crippen LogP contribution in [0.25, 0.3) is 0 Å². The minimum Gasteiger partial charge on any atom is -0.482 e. The Bertz CT molecular complexity index is 600. The first-order valence-corrected chi connectivity index (χ1v) is 8.68. The molecule has 9 heteroatoms. The molecule has 0 fully saturated rings. The van der Waals surface area contributed by atoms with Crippen LogP contribution in [0.5, 0.6) is 5.75 Å². The zero-order valence-electron chi connectivity index (χ0n) is 12.8. The van der Waals surface area contributed by atoms with Gasteiger partial charge in [0.1, 0.15) is 5.75 Å². The van der Waals surface area contributed by atoms with Crippen LogP contribution in [0.3, 0.4) is 0 Å². The molecule has 0 aliphatic heterocycles.